The molecule has 1 aromatic heterocycles. The number of nitrogens with one attached hydrogen (secondary N) is 3. The van der Waals surface area contributed by atoms with Gasteiger partial charge in [-0.2, -0.15) is 0 Å². The Hall–Kier alpha value is -3.24. The quantitative estimate of drug-likeness (QED) is 0.405. The van der Waals surface area contributed by atoms with Crippen LogP contribution >= 0.6 is 11.6 Å². The molecule has 0 saturated carbocycles. The minimum Gasteiger partial charge on any atom is -0.361 e. The summed E-state index contributed by atoms with van der Waals surface area (Å²) in [6.45, 7) is 0.540. The lowest BCUT2D eigenvalue weighted by atomic mass is 10.1. The molecule has 4 nitrogen and oxygen atoms in total. The van der Waals surface area contributed by atoms with Gasteiger partial charge >= 0.3 is 0 Å². The summed E-state index contributed by atoms with van der Waals surface area (Å²) in [6.07, 6.45) is 2.69. The van der Waals surface area contributed by atoms with Gasteiger partial charge < -0.3 is 15.6 Å². The zero-order chi connectivity index (χ0) is 19.3. The maximum absolute atomic E-state index is 12.7. The van der Waals surface area contributed by atoms with Crippen molar-refractivity contribution in [3.63, 3.8) is 0 Å². The summed E-state index contributed by atoms with van der Waals surface area (Å²) in [5.41, 5.74) is 4.52. The van der Waals surface area contributed by atoms with Crippen LogP contribution in [-0.2, 0) is 6.42 Å². The van der Waals surface area contributed by atoms with Crippen molar-refractivity contribution in [3.8, 4) is 0 Å². The summed E-state index contributed by atoms with van der Waals surface area (Å²) in [6, 6.07) is 23.1. The highest BCUT2D eigenvalue weighted by atomic mass is 35.5. The molecule has 0 aliphatic rings. The first-order chi connectivity index (χ1) is 13.7. The molecule has 0 spiro atoms. The van der Waals surface area contributed by atoms with E-state index in [1.54, 1.807) is 0 Å². The summed E-state index contributed by atoms with van der Waals surface area (Å²) < 4.78 is 0. The second kappa shape index (κ2) is 8.19. The normalized spacial score (nSPS) is 10.8. The predicted molar refractivity (Wildman–Crippen MR) is 116 cm³/mol. The van der Waals surface area contributed by atoms with Crippen molar-refractivity contribution in [3.05, 3.63) is 95.1 Å². The van der Waals surface area contributed by atoms with Crippen LogP contribution in [0.4, 0.5) is 11.4 Å². The Kier molecular flexibility index (Phi) is 5.31. The molecule has 0 saturated heterocycles. The van der Waals surface area contributed by atoms with Crippen molar-refractivity contribution in [2.24, 2.45) is 0 Å². The number of aromatic amines is 1. The van der Waals surface area contributed by atoms with Crippen LogP contribution in [0, 0.1) is 0 Å². The number of hydrogen-bond acceptors (Lipinski definition) is 2. The van der Waals surface area contributed by atoms with E-state index in [0.29, 0.717) is 17.1 Å². The lowest BCUT2D eigenvalue weighted by Crippen LogP contribution is -2.26. The lowest BCUT2D eigenvalue weighted by Gasteiger charge is -2.12. The third-order valence-corrected chi connectivity index (χ3v) is 4.87. The lowest BCUT2D eigenvalue weighted by molar-refractivity contribution is 0.0955. The second-order valence-electron chi connectivity index (χ2n) is 6.55. The molecule has 140 valence electrons. The molecular weight excluding hydrogens is 370 g/mol. The highest BCUT2D eigenvalue weighted by molar-refractivity contribution is 6.31. The number of halogens is 1. The molecule has 0 aliphatic heterocycles. The van der Waals surface area contributed by atoms with Gasteiger partial charge in [-0.25, -0.2) is 0 Å². The van der Waals surface area contributed by atoms with Gasteiger partial charge in [-0.15, -0.1) is 0 Å². The van der Waals surface area contributed by atoms with Gasteiger partial charge in [0.1, 0.15) is 0 Å². The number of anilines is 2. The van der Waals surface area contributed by atoms with E-state index < -0.39 is 0 Å². The van der Waals surface area contributed by atoms with E-state index >= 15 is 0 Å². The monoisotopic (exact) mass is 389 g/mol. The van der Waals surface area contributed by atoms with Crippen LogP contribution < -0.4 is 10.6 Å². The molecular formula is C23H20ClN3O. The first-order valence-electron chi connectivity index (χ1n) is 9.15. The molecule has 5 heteroatoms. The van der Waals surface area contributed by atoms with Crippen molar-refractivity contribution < 1.29 is 4.79 Å². The fourth-order valence-electron chi connectivity index (χ4n) is 3.23. The molecule has 1 amide bonds. The fraction of sp³-hybridized carbons (Fsp3) is 0.0870. The number of carbonyl (C=O) groups excluding carboxylic acids is 1. The van der Waals surface area contributed by atoms with Gasteiger partial charge in [-0.1, -0.05) is 41.9 Å². The molecule has 0 atom stereocenters. The average molecular weight is 390 g/mol. The smallest absolute Gasteiger partial charge is 0.253 e. The van der Waals surface area contributed by atoms with Gasteiger partial charge in [-0.05, 0) is 54.4 Å². The van der Waals surface area contributed by atoms with E-state index in [0.717, 1.165) is 34.3 Å². The van der Waals surface area contributed by atoms with E-state index in [9.17, 15) is 4.79 Å². The largest absolute Gasteiger partial charge is 0.361 e. The van der Waals surface area contributed by atoms with E-state index in [1.165, 1.54) is 0 Å². The summed E-state index contributed by atoms with van der Waals surface area (Å²) in [4.78, 5) is 16.0. The highest BCUT2D eigenvalue weighted by Gasteiger charge is 2.11. The molecule has 3 aromatic carbocycles. The number of H-pyrrole nitrogens is 1. The standard InChI is InChI=1S/C23H20ClN3O/c24-17-10-11-21-20(14-17)16(15-26-21)12-13-25-23(28)19-8-4-5-9-22(19)27-18-6-2-1-3-7-18/h1-11,14-15,26-27H,12-13H2,(H,25,28). The molecule has 28 heavy (non-hydrogen) atoms. The van der Waals surface area contributed by atoms with Gasteiger partial charge in [0.25, 0.3) is 5.91 Å². The first kappa shape index (κ1) is 18.1. The SMILES string of the molecule is O=C(NCCc1c[nH]c2ccc(Cl)cc12)c1ccccc1Nc1ccccc1. The van der Waals surface area contributed by atoms with Crippen molar-refractivity contribution >= 4 is 39.8 Å². The van der Waals surface area contributed by atoms with Crippen LogP contribution in [0.3, 0.4) is 0 Å². The van der Waals surface area contributed by atoms with Gasteiger partial charge in [-0.3, -0.25) is 4.79 Å². The van der Waals surface area contributed by atoms with Gasteiger partial charge in [0.15, 0.2) is 0 Å². The topological polar surface area (TPSA) is 56.9 Å². The highest BCUT2D eigenvalue weighted by Crippen LogP contribution is 2.23. The van der Waals surface area contributed by atoms with Crippen molar-refractivity contribution in [1.29, 1.82) is 0 Å². The molecule has 3 N–H and O–H groups in total. The summed E-state index contributed by atoms with van der Waals surface area (Å²) in [5, 5.41) is 8.12. The van der Waals surface area contributed by atoms with Gasteiger partial charge in [0.05, 0.1) is 11.3 Å². The van der Waals surface area contributed by atoms with E-state index in [2.05, 4.69) is 15.6 Å². The van der Waals surface area contributed by atoms with E-state index in [-0.39, 0.29) is 5.91 Å². The number of aromatic nitrogens is 1. The average Bonchev–Trinajstić information content (AvgIpc) is 3.11. The Labute approximate surface area is 168 Å². The van der Waals surface area contributed by atoms with Crippen LogP contribution in [0.5, 0.6) is 0 Å². The van der Waals surface area contributed by atoms with E-state index in [1.807, 2.05) is 79.0 Å². The Morgan fingerprint density at radius 1 is 0.964 bits per heavy atom. The maximum atomic E-state index is 12.7. The molecule has 0 bridgehead atoms. The number of para-hydroxylation sites is 2. The summed E-state index contributed by atoms with van der Waals surface area (Å²) in [5.74, 6) is -0.100. The zero-order valence-corrected chi connectivity index (χ0v) is 16.0. The zero-order valence-electron chi connectivity index (χ0n) is 15.2. The summed E-state index contributed by atoms with van der Waals surface area (Å²) >= 11 is 6.11. The molecule has 0 radical (unpaired) electrons. The van der Waals surface area contributed by atoms with Gasteiger partial charge in [0, 0.05) is 34.4 Å². The van der Waals surface area contributed by atoms with Crippen molar-refractivity contribution in [2.45, 2.75) is 6.42 Å². The molecule has 4 rings (SSSR count). The van der Waals surface area contributed by atoms with E-state index in [4.69, 9.17) is 11.6 Å². The van der Waals surface area contributed by atoms with Gasteiger partial charge in [0.2, 0.25) is 0 Å². The Morgan fingerprint density at radius 3 is 2.61 bits per heavy atom. The molecule has 0 fully saturated rings. The molecule has 0 aliphatic carbocycles. The van der Waals surface area contributed by atoms with Crippen LogP contribution in [0.25, 0.3) is 10.9 Å². The number of rotatable bonds is 6. The second-order valence-corrected chi connectivity index (χ2v) is 6.98. The number of carbonyl (C=O) groups is 1. The maximum Gasteiger partial charge on any atom is 0.253 e. The number of hydrogen-bond donors (Lipinski definition) is 3. The number of benzene rings is 3. The van der Waals surface area contributed by atoms with Crippen LogP contribution in [0.2, 0.25) is 5.02 Å². The third kappa shape index (κ3) is 4.02. The van der Waals surface area contributed by atoms with Crippen LogP contribution in [0.1, 0.15) is 15.9 Å². The molecule has 1 heterocycles. The first-order valence-corrected chi connectivity index (χ1v) is 9.53. The number of amides is 1. The number of fused-ring (bicyclic) bond motifs is 1. The Morgan fingerprint density at radius 2 is 1.75 bits per heavy atom. The van der Waals surface area contributed by atoms with Crippen molar-refractivity contribution in [1.82, 2.24) is 10.3 Å². The Balaban J connectivity index is 1.43. The molecule has 0 unspecified atom stereocenters. The van der Waals surface area contributed by atoms with Crippen LogP contribution in [-0.4, -0.2) is 17.4 Å². The fourth-order valence-corrected chi connectivity index (χ4v) is 3.40. The Bertz CT molecular complexity index is 1110. The molecule has 4 aromatic rings. The van der Waals surface area contributed by atoms with Crippen LogP contribution in [0.15, 0.2) is 79.0 Å². The minimum absolute atomic E-state index is 0.100. The predicted octanol–water partition coefficient (Wildman–Crippen LogP) is 5.54. The third-order valence-electron chi connectivity index (χ3n) is 4.63. The van der Waals surface area contributed by atoms with Crippen molar-refractivity contribution in [2.75, 3.05) is 11.9 Å². The minimum atomic E-state index is -0.100. The summed E-state index contributed by atoms with van der Waals surface area (Å²) in [7, 11) is 0.